The van der Waals surface area contributed by atoms with E-state index >= 15 is 0 Å². The van der Waals surface area contributed by atoms with Gasteiger partial charge in [-0.2, -0.15) is 0 Å². The maximum atomic E-state index is 4.20. The highest BCUT2D eigenvalue weighted by molar-refractivity contribution is 5.79. The Morgan fingerprint density at radius 2 is 1.84 bits per heavy atom. The van der Waals surface area contributed by atoms with Crippen molar-refractivity contribution in [3.63, 3.8) is 0 Å². The molecule has 0 aliphatic carbocycles. The Morgan fingerprint density at radius 1 is 1.16 bits per heavy atom. The minimum Gasteiger partial charge on any atom is -0.356 e. The van der Waals surface area contributed by atoms with Crippen LogP contribution in [-0.2, 0) is 0 Å². The summed E-state index contributed by atoms with van der Waals surface area (Å²) in [5.41, 5.74) is 0. The largest absolute Gasteiger partial charge is 0.356 e. The minimum absolute atomic E-state index is 0.427. The van der Waals surface area contributed by atoms with Gasteiger partial charge in [-0.15, -0.1) is 0 Å². The summed E-state index contributed by atoms with van der Waals surface area (Å²) in [5.74, 6) is 0.912. The Kier molecular flexibility index (Phi) is 7.82. The number of piperazine rings is 1. The number of rotatable bonds is 6. The Balaban J connectivity index is 2.01. The van der Waals surface area contributed by atoms with Crippen molar-refractivity contribution < 1.29 is 0 Å². The lowest BCUT2D eigenvalue weighted by molar-refractivity contribution is 0.152. The predicted octanol–water partition coefficient (Wildman–Crippen LogP) is 0.587. The molecule has 0 radical (unpaired) electrons. The molecule has 0 spiro atoms. The highest BCUT2D eigenvalue weighted by Crippen LogP contribution is 2.01. The van der Waals surface area contributed by atoms with E-state index in [-0.39, 0.29) is 0 Å². The van der Waals surface area contributed by atoms with Crippen molar-refractivity contribution in [2.24, 2.45) is 4.99 Å². The fourth-order valence-electron chi connectivity index (χ4n) is 2.21. The molecule has 5 nitrogen and oxygen atoms in total. The molecular weight excluding hydrogens is 238 g/mol. The fourth-order valence-corrected chi connectivity index (χ4v) is 2.21. The molecule has 1 fully saturated rings. The van der Waals surface area contributed by atoms with Gasteiger partial charge < -0.3 is 20.4 Å². The molecule has 1 rings (SSSR count). The van der Waals surface area contributed by atoms with E-state index in [1.54, 1.807) is 0 Å². The third-order valence-corrected chi connectivity index (χ3v) is 3.44. The zero-order chi connectivity index (χ0) is 14.1. The zero-order valence-electron chi connectivity index (χ0n) is 13.1. The molecule has 1 heterocycles. The van der Waals surface area contributed by atoms with Crippen molar-refractivity contribution in [1.29, 1.82) is 0 Å². The second kappa shape index (κ2) is 9.15. The number of guanidine groups is 1. The van der Waals surface area contributed by atoms with Gasteiger partial charge in [0, 0.05) is 45.8 Å². The summed E-state index contributed by atoms with van der Waals surface area (Å²) in [6.45, 7) is 11.3. The summed E-state index contributed by atoms with van der Waals surface area (Å²) < 4.78 is 0. The maximum Gasteiger partial charge on any atom is 0.191 e. The third kappa shape index (κ3) is 7.38. The monoisotopic (exact) mass is 269 g/mol. The predicted molar refractivity (Wildman–Crippen MR) is 82.8 cm³/mol. The van der Waals surface area contributed by atoms with Gasteiger partial charge in [0.2, 0.25) is 0 Å². The van der Waals surface area contributed by atoms with Crippen molar-refractivity contribution in [2.45, 2.75) is 32.7 Å². The summed E-state index contributed by atoms with van der Waals surface area (Å²) >= 11 is 0. The van der Waals surface area contributed by atoms with E-state index in [0.717, 1.165) is 12.5 Å². The molecule has 0 atom stereocenters. The van der Waals surface area contributed by atoms with E-state index in [0.29, 0.717) is 6.04 Å². The van der Waals surface area contributed by atoms with Gasteiger partial charge in [-0.25, -0.2) is 0 Å². The topological polar surface area (TPSA) is 42.9 Å². The molecule has 0 aromatic rings. The highest BCUT2D eigenvalue weighted by Gasteiger charge is 2.12. The van der Waals surface area contributed by atoms with Crippen LogP contribution in [0.4, 0.5) is 0 Å². The van der Waals surface area contributed by atoms with Gasteiger partial charge in [-0.05, 0) is 40.3 Å². The molecule has 0 saturated carbocycles. The van der Waals surface area contributed by atoms with Crippen molar-refractivity contribution in [2.75, 3.05) is 53.4 Å². The first-order valence-electron chi connectivity index (χ1n) is 7.50. The number of aliphatic imine (C=N–C) groups is 1. The van der Waals surface area contributed by atoms with E-state index in [4.69, 9.17) is 0 Å². The normalized spacial score (nSPS) is 18.9. The summed E-state index contributed by atoms with van der Waals surface area (Å²) in [7, 11) is 4.02. The SMILES string of the molecule is CN=C(NCCCCN1CCN(C)CC1)NC(C)C. The molecule has 1 aliphatic rings. The van der Waals surface area contributed by atoms with Crippen LogP contribution in [0.15, 0.2) is 4.99 Å². The Morgan fingerprint density at radius 3 is 2.42 bits per heavy atom. The van der Waals surface area contributed by atoms with Gasteiger partial charge in [0.05, 0.1) is 0 Å². The smallest absolute Gasteiger partial charge is 0.191 e. The average Bonchev–Trinajstić information content (AvgIpc) is 2.38. The van der Waals surface area contributed by atoms with Gasteiger partial charge in [-0.1, -0.05) is 0 Å². The number of likely N-dealkylation sites (N-methyl/N-ethyl adjacent to an activating group) is 1. The van der Waals surface area contributed by atoms with E-state index < -0.39 is 0 Å². The maximum absolute atomic E-state index is 4.20. The van der Waals surface area contributed by atoms with E-state index in [1.165, 1.54) is 45.6 Å². The number of hydrogen-bond acceptors (Lipinski definition) is 3. The van der Waals surface area contributed by atoms with Crippen molar-refractivity contribution >= 4 is 5.96 Å². The number of unbranched alkanes of at least 4 members (excludes halogenated alkanes) is 1. The summed E-state index contributed by atoms with van der Waals surface area (Å²) in [6, 6.07) is 0.427. The first-order valence-corrected chi connectivity index (χ1v) is 7.50. The molecule has 112 valence electrons. The van der Waals surface area contributed by atoms with Crippen molar-refractivity contribution in [3.8, 4) is 0 Å². The van der Waals surface area contributed by atoms with Crippen LogP contribution in [-0.4, -0.2) is 75.2 Å². The van der Waals surface area contributed by atoms with Crippen LogP contribution in [0, 0.1) is 0 Å². The van der Waals surface area contributed by atoms with Crippen LogP contribution in [0.5, 0.6) is 0 Å². The summed E-state index contributed by atoms with van der Waals surface area (Å²) in [4.78, 5) is 9.18. The van der Waals surface area contributed by atoms with Crippen LogP contribution in [0.1, 0.15) is 26.7 Å². The van der Waals surface area contributed by atoms with E-state index in [1.807, 2.05) is 7.05 Å². The van der Waals surface area contributed by atoms with Gasteiger partial charge in [0.25, 0.3) is 0 Å². The van der Waals surface area contributed by atoms with E-state index in [9.17, 15) is 0 Å². The lowest BCUT2D eigenvalue weighted by atomic mass is 10.2. The van der Waals surface area contributed by atoms with Gasteiger partial charge in [-0.3, -0.25) is 4.99 Å². The molecular formula is C14H31N5. The second-order valence-electron chi connectivity index (χ2n) is 5.65. The van der Waals surface area contributed by atoms with Crippen LogP contribution in [0.3, 0.4) is 0 Å². The van der Waals surface area contributed by atoms with Gasteiger partial charge >= 0.3 is 0 Å². The second-order valence-corrected chi connectivity index (χ2v) is 5.65. The van der Waals surface area contributed by atoms with Crippen LogP contribution in [0.2, 0.25) is 0 Å². The lowest BCUT2D eigenvalue weighted by Gasteiger charge is -2.32. The fraction of sp³-hybridized carbons (Fsp3) is 0.929. The first-order chi connectivity index (χ1) is 9.11. The van der Waals surface area contributed by atoms with Crippen LogP contribution < -0.4 is 10.6 Å². The third-order valence-electron chi connectivity index (χ3n) is 3.44. The number of nitrogens with one attached hydrogen (secondary N) is 2. The average molecular weight is 269 g/mol. The van der Waals surface area contributed by atoms with Gasteiger partial charge in [0.1, 0.15) is 0 Å². The molecule has 2 N–H and O–H groups in total. The zero-order valence-corrected chi connectivity index (χ0v) is 13.1. The number of hydrogen-bond donors (Lipinski definition) is 2. The van der Waals surface area contributed by atoms with Crippen molar-refractivity contribution in [3.05, 3.63) is 0 Å². The molecule has 19 heavy (non-hydrogen) atoms. The molecule has 0 amide bonds. The van der Waals surface area contributed by atoms with Crippen molar-refractivity contribution in [1.82, 2.24) is 20.4 Å². The Hall–Kier alpha value is -0.810. The molecule has 0 bridgehead atoms. The standard InChI is InChI=1S/C14H31N5/c1-13(2)17-14(15-3)16-7-5-6-8-19-11-9-18(4)10-12-19/h13H,5-12H2,1-4H3,(H2,15,16,17). The van der Waals surface area contributed by atoms with Gasteiger partial charge in [0.15, 0.2) is 5.96 Å². The molecule has 1 saturated heterocycles. The Labute approximate surface area is 118 Å². The van der Waals surface area contributed by atoms with E-state index in [2.05, 4.69) is 46.3 Å². The summed E-state index contributed by atoms with van der Waals surface area (Å²) in [5, 5.41) is 6.66. The molecule has 5 heteroatoms. The Bertz CT molecular complexity index is 257. The lowest BCUT2D eigenvalue weighted by Crippen LogP contribution is -2.45. The molecule has 0 aromatic carbocycles. The molecule has 1 aliphatic heterocycles. The van der Waals surface area contributed by atoms with Crippen LogP contribution in [0.25, 0.3) is 0 Å². The molecule has 0 aromatic heterocycles. The number of nitrogens with zero attached hydrogens (tertiary/aromatic N) is 3. The summed E-state index contributed by atoms with van der Waals surface area (Å²) in [6.07, 6.45) is 2.46. The quantitative estimate of drug-likeness (QED) is 0.421. The first kappa shape index (κ1) is 16.2. The van der Waals surface area contributed by atoms with Crippen LogP contribution >= 0.6 is 0 Å². The minimum atomic E-state index is 0.427. The molecule has 0 unspecified atom stereocenters. The highest BCUT2D eigenvalue weighted by atomic mass is 15.2.